The van der Waals surface area contributed by atoms with E-state index in [0.29, 0.717) is 18.8 Å². The number of halogens is 3. The van der Waals surface area contributed by atoms with E-state index in [1.165, 1.54) is 6.20 Å². The molecule has 3 rings (SSSR count). The second-order valence-electron chi connectivity index (χ2n) is 7.35. The molecule has 0 aromatic carbocycles. The van der Waals surface area contributed by atoms with Crippen molar-refractivity contribution in [2.75, 3.05) is 13.1 Å². The molecule has 2 aromatic rings. The molecule has 0 N–H and O–H groups in total. The monoisotopic (exact) mass is 355 g/mol. The third kappa shape index (κ3) is 3.45. The summed E-state index contributed by atoms with van der Waals surface area (Å²) in [4.78, 5) is 21.6. The zero-order chi connectivity index (χ0) is 18.4. The minimum absolute atomic E-state index is 0.0390. The molecule has 1 saturated heterocycles. The highest BCUT2D eigenvalue weighted by Crippen LogP contribution is 2.31. The van der Waals surface area contributed by atoms with Crippen molar-refractivity contribution >= 4 is 11.7 Å². The minimum atomic E-state index is -4.62. The molecule has 6 nitrogen and oxygen atoms in total. The van der Waals surface area contributed by atoms with Gasteiger partial charge in [-0.1, -0.05) is 20.8 Å². The van der Waals surface area contributed by atoms with Crippen LogP contribution in [0.3, 0.4) is 0 Å². The average Bonchev–Trinajstić information content (AvgIpc) is 2.97. The lowest BCUT2D eigenvalue weighted by Crippen LogP contribution is -2.44. The van der Waals surface area contributed by atoms with E-state index >= 15 is 0 Å². The SMILES string of the molecule is CC(C)(C)C(=O)N1CCC[C@@H](c2ccnc3nc(C(F)(F)F)nn23)C1. The molecular formula is C16H20F3N5O. The molecule has 2 aromatic heterocycles. The molecule has 1 aliphatic heterocycles. The van der Waals surface area contributed by atoms with E-state index in [1.54, 1.807) is 11.0 Å². The maximum atomic E-state index is 12.9. The van der Waals surface area contributed by atoms with E-state index in [-0.39, 0.29) is 17.6 Å². The van der Waals surface area contributed by atoms with Gasteiger partial charge in [0.15, 0.2) is 0 Å². The van der Waals surface area contributed by atoms with Crippen molar-refractivity contribution < 1.29 is 18.0 Å². The van der Waals surface area contributed by atoms with Crippen molar-refractivity contribution in [3.8, 4) is 0 Å². The lowest BCUT2D eigenvalue weighted by atomic mass is 9.90. The summed E-state index contributed by atoms with van der Waals surface area (Å²) in [6.07, 6.45) is -1.62. The number of hydrogen-bond acceptors (Lipinski definition) is 4. The van der Waals surface area contributed by atoms with E-state index in [1.807, 2.05) is 20.8 Å². The second kappa shape index (κ2) is 5.96. The van der Waals surface area contributed by atoms with Gasteiger partial charge in [-0.2, -0.15) is 18.2 Å². The van der Waals surface area contributed by atoms with Gasteiger partial charge >= 0.3 is 6.18 Å². The molecule has 1 atom stereocenters. The Morgan fingerprint density at radius 3 is 2.64 bits per heavy atom. The zero-order valence-electron chi connectivity index (χ0n) is 14.3. The first kappa shape index (κ1) is 17.6. The molecule has 0 bridgehead atoms. The van der Waals surface area contributed by atoms with Crippen LogP contribution >= 0.6 is 0 Å². The molecule has 0 aliphatic carbocycles. The van der Waals surface area contributed by atoms with Crippen molar-refractivity contribution in [1.82, 2.24) is 24.5 Å². The van der Waals surface area contributed by atoms with Crippen LogP contribution in [0, 0.1) is 5.41 Å². The number of alkyl halides is 3. The Hall–Kier alpha value is -2.19. The maximum Gasteiger partial charge on any atom is 0.453 e. The normalized spacial score (nSPS) is 19.4. The van der Waals surface area contributed by atoms with Gasteiger partial charge in [-0.3, -0.25) is 4.79 Å². The van der Waals surface area contributed by atoms with Gasteiger partial charge in [0.1, 0.15) is 0 Å². The largest absolute Gasteiger partial charge is 0.453 e. The molecular weight excluding hydrogens is 335 g/mol. The van der Waals surface area contributed by atoms with Crippen LogP contribution in [0.1, 0.15) is 51.0 Å². The first-order valence-electron chi connectivity index (χ1n) is 8.15. The van der Waals surface area contributed by atoms with Crippen molar-refractivity contribution in [3.05, 3.63) is 23.8 Å². The number of fused-ring (bicyclic) bond motifs is 1. The van der Waals surface area contributed by atoms with Crippen molar-refractivity contribution in [2.24, 2.45) is 5.41 Å². The van der Waals surface area contributed by atoms with Gasteiger partial charge in [0.2, 0.25) is 5.91 Å². The topological polar surface area (TPSA) is 63.4 Å². The number of amides is 1. The maximum absolute atomic E-state index is 12.9. The molecule has 0 spiro atoms. The fraction of sp³-hybridized carbons (Fsp3) is 0.625. The summed E-state index contributed by atoms with van der Waals surface area (Å²) in [6, 6.07) is 1.65. The molecule has 1 aliphatic rings. The lowest BCUT2D eigenvalue weighted by molar-refractivity contribution is -0.144. The highest BCUT2D eigenvalue weighted by Gasteiger charge is 2.37. The Morgan fingerprint density at radius 1 is 1.28 bits per heavy atom. The van der Waals surface area contributed by atoms with Gasteiger partial charge in [0, 0.05) is 30.6 Å². The number of likely N-dealkylation sites (tertiary alicyclic amines) is 1. The standard InChI is InChI=1S/C16H20F3N5O/c1-15(2,3)13(25)23-8-4-5-10(9-23)11-6-7-20-14-21-12(16(17,18)19)22-24(11)14/h6-7,10H,4-5,8-9H2,1-3H3/t10-/m1/s1. The molecule has 3 heterocycles. The number of hydrogen-bond donors (Lipinski definition) is 0. The van der Waals surface area contributed by atoms with E-state index in [2.05, 4.69) is 15.1 Å². The van der Waals surface area contributed by atoms with Crippen molar-refractivity contribution in [3.63, 3.8) is 0 Å². The summed E-state index contributed by atoms with van der Waals surface area (Å²) in [5.41, 5.74) is 0.103. The lowest BCUT2D eigenvalue weighted by Gasteiger charge is -2.36. The Bertz CT molecular complexity index is 793. The van der Waals surface area contributed by atoms with Gasteiger partial charge in [-0.05, 0) is 18.9 Å². The van der Waals surface area contributed by atoms with Crippen LogP contribution < -0.4 is 0 Å². The van der Waals surface area contributed by atoms with Gasteiger partial charge in [0.05, 0.1) is 5.69 Å². The molecule has 0 radical (unpaired) electrons. The number of piperidine rings is 1. The van der Waals surface area contributed by atoms with E-state index in [0.717, 1.165) is 17.4 Å². The smallest absolute Gasteiger partial charge is 0.342 e. The summed E-state index contributed by atoms with van der Waals surface area (Å²) in [5, 5.41) is 3.59. The van der Waals surface area contributed by atoms with Crippen LogP contribution in [0.5, 0.6) is 0 Å². The highest BCUT2D eigenvalue weighted by molar-refractivity contribution is 5.81. The second-order valence-corrected chi connectivity index (χ2v) is 7.35. The number of aromatic nitrogens is 4. The van der Waals surface area contributed by atoms with Gasteiger partial charge < -0.3 is 4.90 Å². The molecule has 1 fully saturated rings. The zero-order valence-corrected chi connectivity index (χ0v) is 14.3. The summed E-state index contributed by atoms with van der Waals surface area (Å²) < 4.78 is 39.8. The Balaban J connectivity index is 1.93. The molecule has 25 heavy (non-hydrogen) atoms. The minimum Gasteiger partial charge on any atom is -0.342 e. The average molecular weight is 355 g/mol. The fourth-order valence-electron chi connectivity index (χ4n) is 3.12. The number of rotatable bonds is 1. The number of carbonyl (C=O) groups excluding carboxylic acids is 1. The van der Waals surface area contributed by atoms with Crippen LogP contribution in [-0.2, 0) is 11.0 Å². The van der Waals surface area contributed by atoms with Crippen LogP contribution in [0.4, 0.5) is 13.2 Å². The molecule has 136 valence electrons. The fourth-order valence-corrected chi connectivity index (χ4v) is 3.12. The Labute approximate surface area is 143 Å². The predicted molar refractivity (Wildman–Crippen MR) is 83.8 cm³/mol. The summed E-state index contributed by atoms with van der Waals surface area (Å²) in [6.45, 7) is 6.69. The Morgan fingerprint density at radius 2 is 2.00 bits per heavy atom. The molecule has 1 amide bonds. The third-order valence-electron chi connectivity index (χ3n) is 4.29. The number of carbonyl (C=O) groups is 1. The first-order chi connectivity index (χ1) is 11.6. The van der Waals surface area contributed by atoms with E-state index in [4.69, 9.17) is 0 Å². The van der Waals surface area contributed by atoms with Gasteiger partial charge in [-0.15, -0.1) is 5.10 Å². The van der Waals surface area contributed by atoms with Gasteiger partial charge in [0.25, 0.3) is 11.6 Å². The van der Waals surface area contributed by atoms with Crippen LogP contribution in [-0.4, -0.2) is 43.5 Å². The van der Waals surface area contributed by atoms with E-state index < -0.39 is 17.4 Å². The van der Waals surface area contributed by atoms with Crippen molar-refractivity contribution in [2.45, 2.75) is 45.7 Å². The quantitative estimate of drug-likeness (QED) is 0.789. The predicted octanol–water partition coefficient (Wildman–Crippen LogP) is 2.90. The molecule has 0 saturated carbocycles. The van der Waals surface area contributed by atoms with Crippen LogP contribution in [0.25, 0.3) is 5.78 Å². The summed E-state index contributed by atoms with van der Waals surface area (Å²) in [7, 11) is 0. The molecule has 9 heteroatoms. The third-order valence-corrected chi connectivity index (χ3v) is 4.29. The Kier molecular flexibility index (Phi) is 4.20. The van der Waals surface area contributed by atoms with Crippen molar-refractivity contribution in [1.29, 1.82) is 0 Å². The summed E-state index contributed by atoms with van der Waals surface area (Å²) in [5.74, 6) is -1.35. The van der Waals surface area contributed by atoms with Gasteiger partial charge in [-0.25, -0.2) is 9.50 Å². The van der Waals surface area contributed by atoms with E-state index in [9.17, 15) is 18.0 Å². The molecule has 0 unspecified atom stereocenters. The summed E-state index contributed by atoms with van der Waals surface area (Å²) >= 11 is 0. The number of nitrogens with zero attached hydrogens (tertiary/aromatic N) is 5. The van der Waals surface area contributed by atoms with Crippen LogP contribution in [0.15, 0.2) is 12.3 Å². The van der Waals surface area contributed by atoms with Crippen LogP contribution in [0.2, 0.25) is 0 Å². The highest BCUT2D eigenvalue weighted by atomic mass is 19.4. The first-order valence-corrected chi connectivity index (χ1v) is 8.15.